The van der Waals surface area contributed by atoms with Crippen molar-refractivity contribution in [1.29, 1.82) is 0 Å². The van der Waals surface area contributed by atoms with E-state index < -0.39 is 30.2 Å². The standard InChI is InChI=1S/C21H20ClFN2O4/c22-17-11-16(6-7-18(17)23)24-19(26)13-29-21(28)15-10-20(27)25(12-15)9-8-14-4-2-1-3-5-14/h1-7,11,15H,8-10,12-13H2,(H,24,26)/t15-/m0/s1. The highest BCUT2D eigenvalue weighted by Crippen LogP contribution is 2.21. The number of nitrogens with zero attached hydrogens (tertiary/aromatic N) is 1. The van der Waals surface area contributed by atoms with Crippen molar-refractivity contribution in [2.45, 2.75) is 12.8 Å². The number of hydrogen-bond donors (Lipinski definition) is 1. The fraction of sp³-hybridized carbons (Fsp3) is 0.286. The third-order valence-electron chi connectivity index (χ3n) is 4.61. The Bertz CT molecular complexity index is 907. The van der Waals surface area contributed by atoms with Gasteiger partial charge in [-0.25, -0.2) is 4.39 Å². The maximum Gasteiger partial charge on any atom is 0.311 e. The fourth-order valence-corrected chi connectivity index (χ4v) is 3.26. The van der Waals surface area contributed by atoms with Gasteiger partial charge in [-0.3, -0.25) is 14.4 Å². The Morgan fingerprint density at radius 1 is 1.21 bits per heavy atom. The smallest absolute Gasteiger partial charge is 0.311 e. The van der Waals surface area contributed by atoms with Gasteiger partial charge >= 0.3 is 5.97 Å². The molecule has 152 valence electrons. The van der Waals surface area contributed by atoms with Crippen molar-refractivity contribution in [1.82, 2.24) is 4.90 Å². The Labute approximate surface area is 172 Å². The number of halogens is 2. The van der Waals surface area contributed by atoms with Gasteiger partial charge in [-0.15, -0.1) is 0 Å². The monoisotopic (exact) mass is 418 g/mol. The Kier molecular flexibility index (Phi) is 6.82. The van der Waals surface area contributed by atoms with Crippen molar-refractivity contribution in [3.63, 3.8) is 0 Å². The molecule has 1 atom stereocenters. The molecule has 0 saturated carbocycles. The van der Waals surface area contributed by atoms with E-state index in [4.69, 9.17) is 16.3 Å². The highest BCUT2D eigenvalue weighted by Gasteiger charge is 2.35. The van der Waals surface area contributed by atoms with Crippen LogP contribution >= 0.6 is 11.6 Å². The number of hydrogen-bond acceptors (Lipinski definition) is 4. The van der Waals surface area contributed by atoms with E-state index in [-0.39, 0.29) is 23.9 Å². The van der Waals surface area contributed by atoms with E-state index in [1.807, 2.05) is 30.3 Å². The number of carbonyl (C=O) groups is 3. The van der Waals surface area contributed by atoms with Gasteiger partial charge < -0.3 is 15.0 Å². The van der Waals surface area contributed by atoms with Gasteiger partial charge in [-0.2, -0.15) is 0 Å². The van der Waals surface area contributed by atoms with Crippen molar-refractivity contribution in [2.75, 3.05) is 25.0 Å². The van der Waals surface area contributed by atoms with E-state index in [2.05, 4.69) is 5.32 Å². The first-order valence-corrected chi connectivity index (χ1v) is 9.53. The van der Waals surface area contributed by atoms with Crippen LogP contribution < -0.4 is 5.32 Å². The maximum absolute atomic E-state index is 13.1. The SMILES string of the molecule is O=C(COC(=O)[C@H]1CC(=O)N(CCc2ccccc2)C1)Nc1ccc(F)c(Cl)c1. The molecule has 0 radical (unpaired) electrons. The summed E-state index contributed by atoms with van der Waals surface area (Å²) in [5.41, 5.74) is 1.41. The second kappa shape index (κ2) is 9.52. The molecule has 0 unspecified atom stereocenters. The first kappa shape index (κ1) is 20.8. The summed E-state index contributed by atoms with van der Waals surface area (Å²) in [5, 5.41) is 2.34. The predicted molar refractivity (Wildman–Crippen MR) is 106 cm³/mol. The van der Waals surface area contributed by atoms with Gasteiger partial charge in [0.25, 0.3) is 5.91 Å². The molecule has 1 aliphatic heterocycles. The van der Waals surface area contributed by atoms with E-state index in [1.165, 1.54) is 12.1 Å². The minimum Gasteiger partial charge on any atom is -0.455 e. The molecule has 2 amide bonds. The third-order valence-corrected chi connectivity index (χ3v) is 4.90. The number of anilines is 1. The number of esters is 1. The first-order chi connectivity index (χ1) is 13.9. The van der Waals surface area contributed by atoms with Gasteiger partial charge in [-0.05, 0) is 30.2 Å². The molecule has 1 heterocycles. The zero-order chi connectivity index (χ0) is 20.8. The zero-order valence-corrected chi connectivity index (χ0v) is 16.3. The van der Waals surface area contributed by atoms with E-state index in [0.717, 1.165) is 11.6 Å². The molecule has 1 fully saturated rings. The maximum atomic E-state index is 13.1. The van der Waals surface area contributed by atoms with Crippen LogP contribution in [0.5, 0.6) is 0 Å². The lowest BCUT2D eigenvalue weighted by Gasteiger charge is -2.16. The average Bonchev–Trinajstić information content (AvgIpc) is 3.09. The predicted octanol–water partition coefficient (Wildman–Crippen LogP) is 3.05. The molecule has 0 aliphatic carbocycles. The van der Waals surface area contributed by atoms with Gasteiger partial charge in [-0.1, -0.05) is 41.9 Å². The van der Waals surface area contributed by atoms with Gasteiger partial charge in [0.15, 0.2) is 6.61 Å². The summed E-state index contributed by atoms with van der Waals surface area (Å²) in [7, 11) is 0. The van der Waals surface area contributed by atoms with Crippen molar-refractivity contribution in [2.24, 2.45) is 5.92 Å². The third kappa shape index (κ3) is 5.77. The van der Waals surface area contributed by atoms with Gasteiger partial charge in [0.05, 0.1) is 10.9 Å². The Hall–Kier alpha value is -2.93. The normalized spacial score (nSPS) is 16.0. The van der Waals surface area contributed by atoms with Crippen LogP contribution in [0.1, 0.15) is 12.0 Å². The Balaban J connectivity index is 1.43. The second-order valence-corrected chi connectivity index (χ2v) is 7.17. The molecule has 1 N–H and O–H groups in total. The molecule has 29 heavy (non-hydrogen) atoms. The highest BCUT2D eigenvalue weighted by molar-refractivity contribution is 6.31. The van der Waals surface area contributed by atoms with Gasteiger partial charge in [0.2, 0.25) is 5.91 Å². The van der Waals surface area contributed by atoms with Crippen LogP contribution in [-0.2, 0) is 25.5 Å². The lowest BCUT2D eigenvalue weighted by molar-refractivity contribution is -0.151. The summed E-state index contributed by atoms with van der Waals surface area (Å²) in [6.07, 6.45) is 0.778. The van der Waals surface area contributed by atoms with E-state index >= 15 is 0 Å². The number of carbonyl (C=O) groups excluding carboxylic acids is 3. The van der Waals surface area contributed by atoms with Crippen LogP contribution in [-0.4, -0.2) is 42.4 Å². The van der Waals surface area contributed by atoms with Crippen LogP contribution in [0.15, 0.2) is 48.5 Å². The number of likely N-dealkylation sites (tertiary alicyclic amines) is 1. The van der Waals surface area contributed by atoms with E-state index in [1.54, 1.807) is 4.90 Å². The van der Waals surface area contributed by atoms with Gasteiger partial charge in [0, 0.05) is 25.2 Å². The molecule has 1 saturated heterocycles. The van der Waals surface area contributed by atoms with Crippen LogP contribution in [0.4, 0.5) is 10.1 Å². The van der Waals surface area contributed by atoms with Crippen LogP contribution in [0.3, 0.4) is 0 Å². The number of benzene rings is 2. The topological polar surface area (TPSA) is 75.7 Å². The summed E-state index contributed by atoms with van der Waals surface area (Å²) >= 11 is 5.65. The van der Waals surface area contributed by atoms with Crippen molar-refractivity contribution >= 4 is 35.1 Å². The van der Waals surface area contributed by atoms with E-state index in [0.29, 0.717) is 18.7 Å². The molecular weight excluding hydrogens is 399 g/mol. The quantitative estimate of drug-likeness (QED) is 0.701. The molecule has 2 aromatic carbocycles. The molecule has 3 rings (SSSR count). The highest BCUT2D eigenvalue weighted by atomic mass is 35.5. The van der Waals surface area contributed by atoms with Crippen LogP contribution in [0.25, 0.3) is 0 Å². The largest absolute Gasteiger partial charge is 0.455 e. The zero-order valence-electron chi connectivity index (χ0n) is 15.6. The van der Waals surface area contributed by atoms with Crippen molar-refractivity contribution in [3.8, 4) is 0 Å². The summed E-state index contributed by atoms with van der Waals surface area (Å²) in [6.45, 7) is 0.306. The number of nitrogens with one attached hydrogen (secondary N) is 1. The summed E-state index contributed by atoms with van der Waals surface area (Å²) < 4.78 is 18.2. The lowest BCUT2D eigenvalue weighted by atomic mass is 10.1. The number of ether oxygens (including phenoxy) is 1. The van der Waals surface area contributed by atoms with Crippen LogP contribution in [0, 0.1) is 11.7 Å². The molecule has 2 aromatic rings. The number of rotatable bonds is 7. The second-order valence-electron chi connectivity index (χ2n) is 6.76. The molecule has 0 aromatic heterocycles. The molecule has 6 nitrogen and oxygen atoms in total. The fourth-order valence-electron chi connectivity index (χ4n) is 3.08. The van der Waals surface area contributed by atoms with Crippen LogP contribution in [0.2, 0.25) is 5.02 Å². The van der Waals surface area contributed by atoms with Crippen molar-refractivity contribution < 1.29 is 23.5 Å². The first-order valence-electron chi connectivity index (χ1n) is 9.15. The summed E-state index contributed by atoms with van der Waals surface area (Å²) in [4.78, 5) is 37.9. The minimum atomic E-state index is -0.598. The molecule has 0 bridgehead atoms. The summed E-state index contributed by atoms with van der Waals surface area (Å²) in [5.74, 6) is -2.46. The number of amides is 2. The molecule has 1 aliphatic rings. The van der Waals surface area contributed by atoms with Crippen molar-refractivity contribution in [3.05, 3.63) is 64.9 Å². The molecule has 0 spiro atoms. The average molecular weight is 419 g/mol. The van der Waals surface area contributed by atoms with E-state index in [9.17, 15) is 18.8 Å². The Morgan fingerprint density at radius 3 is 2.69 bits per heavy atom. The Morgan fingerprint density at radius 2 is 1.97 bits per heavy atom. The minimum absolute atomic E-state index is 0.0722. The summed E-state index contributed by atoms with van der Waals surface area (Å²) in [6, 6.07) is 13.5. The molecule has 8 heteroatoms. The molecular formula is C21H20ClFN2O4. The lowest BCUT2D eigenvalue weighted by Crippen LogP contribution is -2.29. The van der Waals surface area contributed by atoms with Gasteiger partial charge in [0.1, 0.15) is 5.82 Å².